The summed E-state index contributed by atoms with van der Waals surface area (Å²) in [6.45, 7) is 0. The molecule has 0 spiro atoms. The quantitative estimate of drug-likeness (QED) is 0.668. The van der Waals surface area contributed by atoms with Crippen LogP contribution in [0.3, 0.4) is 0 Å². The van der Waals surface area contributed by atoms with Crippen LogP contribution < -0.4 is 4.74 Å². The van der Waals surface area contributed by atoms with E-state index in [4.69, 9.17) is 4.74 Å². The highest BCUT2D eigenvalue weighted by Gasteiger charge is 2.06. The molecule has 0 atom stereocenters. The fourth-order valence-corrected chi connectivity index (χ4v) is 2.70. The molecule has 0 saturated heterocycles. The van der Waals surface area contributed by atoms with Gasteiger partial charge in [0.05, 0.1) is 7.11 Å². The second-order valence-electron chi connectivity index (χ2n) is 5.10. The molecule has 1 nitrogen and oxygen atoms in total. The number of aryl methyl sites for hydroxylation is 2. The van der Waals surface area contributed by atoms with Crippen molar-refractivity contribution < 1.29 is 9.13 Å². The molecule has 0 N–H and O–H groups in total. The molecule has 0 amide bonds. The Labute approximate surface area is 124 Å². The summed E-state index contributed by atoms with van der Waals surface area (Å²) < 4.78 is 18.6. The molecule has 3 aromatic rings. The summed E-state index contributed by atoms with van der Waals surface area (Å²) in [5.74, 6) is 0.715. The van der Waals surface area contributed by atoms with E-state index in [1.165, 1.54) is 17.0 Å². The van der Waals surface area contributed by atoms with Crippen molar-refractivity contribution in [1.82, 2.24) is 0 Å². The fraction of sp³-hybridized carbons (Fsp3) is 0.158. The number of hydrogen-bond donors (Lipinski definition) is 0. The summed E-state index contributed by atoms with van der Waals surface area (Å²) in [7, 11) is 1.69. The molecular weight excluding hydrogens is 263 g/mol. The van der Waals surface area contributed by atoms with Crippen LogP contribution >= 0.6 is 0 Å². The van der Waals surface area contributed by atoms with Gasteiger partial charge in [-0.25, -0.2) is 4.39 Å². The number of methoxy groups -OCH3 is 1. The van der Waals surface area contributed by atoms with E-state index < -0.39 is 0 Å². The molecule has 3 aromatic carbocycles. The van der Waals surface area contributed by atoms with Gasteiger partial charge < -0.3 is 4.74 Å². The van der Waals surface area contributed by atoms with Gasteiger partial charge in [-0.15, -0.1) is 0 Å². The van der Waals surface area contributed by atoms with Gasteiger partial charge >= 0.3 is 0 Å². The molecule has 0 aliphatic heterocycles. The lowest BCUT2D eigenvalue weighted by molar-refractivity contribution is 0.419. The summed E-state index contributed by atoms with van der Waals surface area (Å²) in [5.41, 5.74) is 2.28. The minimum Gasteiger partial charge on any atom is -0.496 e. The van der Waals surface area contributed by atoms with Crippen LogP contribution in [0.2, 0.25) is 0 Å². The second-order valence-corrected chi connectivity index (χ2v) is 5.10. The van der Waals surface area contributed by atoms with Crippen molar-refractivity contribution in [2.75, 3.05) is 7.11 Å². The predicted octanol–water partition coefficient (Wildman–Crippen LogP) is 4.77. The SMILES string of the molecule is COc1ccc(CCc2cccc(F)c2)c2ccccc12. The highest BCUT2D eigenvalue weighted by molar-refractivity contribution is 5.91. The second kappa shape index (κ2) is 5.96. The third kappa shape index (κ3) is 2.89. The largest absolute Gasteiger partial charge is 0.496 e. The van der Waals surface area contributed by atoms with E-state index in [0.717, 1.165) is 29.5 Å². The summed E-state index contributed by atoms with van der Waals surface area (Å²) in [4.78, 5) is 0. The lowest BCUT2D eigenvalue weighted by Crippen LogP contribution is -1.94. The number of ether oxygens (including phenoxy) is 1. The molecule has 0 unspecified atom stereocenters. The summed E-state index contributed by atoms with van der Waals surface area (Å²) in [6.07, 6.45) is 1.71. The van der Waals surface area contributed by atoms with E-state index in [0.29, 0.717) is 0 Å². The Hall–Kier alpha value is -2.35. The number of rotatable bonds is 4. The van der Waals surface area contributed by atoms with Gasteiger partial charge in [0, 0.05) is 5.39 Å². The zero-order valence-electron chi connectivity index (χ0n) is 12.0. The van der Waals surface area contributed by atoms with Crippen LogP contribution in [0, 0.1) is 5.82 Å². The van der Waals surface area contributed by atoms with Gasteiger partial charge in [0.25, 0.3) is 0 Å². The van der Waals surface area contributed by atoms with Gasteiger partial charge in [-0.05, 0) is 47.6 Å². The molecule has 0 aromatic heterocycles. The van der Waals surface area contributed by atoms with E-state index in [1.54, 1.807) is 19.2 Å². The molecule has 0 aliphatic carbocycles. The average Bonchev–Trinajstić information content (AvgIpc) is 2.52. The number of benzene rings is 3. The number of halogens is 1. The van der Waals surface area contributed by atoms with Crippen molar-refractivity contribution in [3.05, 3.63) is 77.6 Å². The van der Waals surface area contributed by atoms with Crippen molar-refractivity contribution in [2.45, 2.75) is 12.8 Å². The van der Waals surface area contributed by atoms with Gasteiger partial charge in [0.1, 0.15) is 11.6 Å². The number of hydrogen-bond acceptors (Lipinski definition) is 1. The van der Waals surface area contributed by atoms with Gasteiger partial charge in [-0.3, -0.25) is 0 Å². The summed E-state index contributed by atoms with van der Waals surface area (Å²) >= 11 is 0. The maximum Gasteiger partial charge on any atom is 0.126 e. The van der Waals surface area contributed by atoms with E-state index in [9.17, 15) is 4.39 Å². The minimum atomic E-state index is -0.174. The van der Waals surface area contributed by atoms with E-state index in [1.807, 2.05) is 24.3 Å². The molecule has 106 valence electrons. The Morgan fingerprint density at radius 1 is 0.857 bits per heavy atom. The van der Waals surface area contributed by atoms with Crippen LogP contribution in [0.4, 0.5) is 4.39 Å². The average molecular weight is 280 g/mol. The zero-order chi connectivity index (χ0) is 14.7. The van der Waals surface area contributed by atoms with Crippen molar-refractivity contribution in [3.8, 4) is 5.75 Å². The zero-order valence-corrected chi connectivity index (χ0v) is 12.0. The van der Waals surface area contributed by atoms with Crippen molar-refractivity contribution >= 4 is 10.8 Å². The Morgan fingerprint density at radius 3 is 2.43 bits per heavy atom. The molecule has 0 aliphatic rings. The van der Waals surface area contributed by atoms with Gasteiger partial charge in [-0.2, -0.15) is 0 Å². The number of fused-ring (bicyclic) bond motifs is 1. The van der Waals surface area contributed by atoms with Gasteiger partial charge in [-0.1, -0.05) is 42.5 Å². The lowest BCUT2D eigenvalue weighted by atomic mass is 9.98. The summed E-state index contributed by atoms with van der Waals surface area (Å²) in [6, 6.07) is 19.1. The molecule has 2 heteroatoms. The maximum absolute atomic E-state index is 13.2. The van der Waals surface area contributed by atoms with Crippen LogP contribution in [0.1, 0.15) is 11.1 Å². The first-order valence-electron chi connectivity index (χ1n) is 7.07. The lowest BCUT2D eigenvalue weighted by Gasteiger charge is -2.10. The minimum absolute atomic E-state index is 0.174. The Morgan fingerprint density at radius 2 is 1.67 bits per heavy atom. The van der Waals surface area contributed by atoms with E-state index in [-0.39, 0.29) is 5.82 Å². The van der Waals surface area contributed by atoms with E-state index in [2.05, 4.69) is 18.2 Å². The van der Waals surface area contributed by atoms with Crippen LogP contribution in [0.5, 0.6) is 5.75 Å². The van der Waals surface area contributed by atoms with Crippen molar-refractivity contribution in [3.63, 3.8) is 0 Å². The van der Waals surface area contributed by atoms with E-state index >= 15 is 0 Å². The molecule has 0 heterocycles. The van der Waals surface area contributed by atoms with Crippen LogP contribution in [0.25, 0.3) is 10.8 Å². The first kappa shape index (κ1) is 13.6. The third-order valence-corrected chi connectivity index (χ3v) is 3.77. The van der Waals surface area contributed by atoms with Crippen molar-refractivity contribution in [2.24, 2.45) is 0 Å². The highest BCUT2D eigenvalue weighted by atomic mass is 19.1. The van der Waals surface area contributed by atoms with Crippen LogP contribution in [-0.4, -0.2) is 7.11 Å². The Bertz CT molecular complexity index is 764. The highest BCUT2D eigenvalue weighted by Crippen LogP contribution is 2.29. The Balaban J connectivity index is 1.91. The third-order valence-electron chi connectivity index (χ3n) is 3.77. The molecule has 0 bridgehead atoms. The first-order valence-corrected chi connectivity index (χ1v) is 7.07. The molecule has 3 rings (SSSR count). The van der Waals surface area contributed by atoms with Gasteiger partial charge in [0.15, 0.2) is 0 Å². The predicted molar refractivity (Wildman–Crippen MR) is 84.3 cm³/mol. The smallest absolute Gasteiger partial charge is 0.126 e. The molecular formula is C19H17FO. The maximum atomic E-state index is 13.2. The molecule has 0 fully saturated rings. The molecule has 0 saturated carbocycles. The first-order chi connectivity index (χ1) is 10.3. The molecule has 21 heavy (non-hydrogen) atoms. The topological polar surface area (TPSA) is 9.23 Å². The Kier molecular flexibility index (Phi) is 3.87. The monoisotopic (exact) mass is 280 g/mol. The molecule has 0 radical (unpaired) electrons. The standard InChI is InChI=1S/C19H17FO/c1-21-19-12-11-15(17-7-2-3-8-18(17)19)10-9-14-5-4-6-16(20)13-14/h2-8,11-13H,9-10H2,1H3. The summed E-state index contributed by atoms with van der Waals surface area (Å²) in [5, 5.41) is 2.32. The fourth-order valence-electron chi connectivity index (χ4n) is 2.70. The van der Waals surface area contributed by atoms with Crippen LogP contribution in [0.15, 0.2) is 60.7 Å². The van der Waals surface area contributed by atoms with Crippen molar-refractivity contribution in [1.29, 1.82) is 0 Å². The van der Waals surface area contributed by atoms with Crippen LogP contribution in [-0.2, 0) is 12.8 Å². The van der Waals surface area contributed by atoms with Gasteiger partial charge in [0.2, 0.25) is 0 Å². The normalized spacial score (nSPS) is 10.8.